The molecule has 146 valence electrons. The SMILES string of the molecule is Oc1nc(N2CCN(Cc3ccccc3)CC2)sc1/C=C1/C=Nc2ccccc21. The summed E-state index contributed by atoms with van der Waals surface area (Å²) in [6, 6.07) is 18.6. The number of aliphatic imine (C=N–C) groups is 1. The highest BCUT2D eigenvalue weighted by atomic mass is 32.1. The molecular weight excluding hydrogens is 380 g/mol. The van der Waals surface area contributed by atoms with E-state index in [9.17, 15) is 5.11 Å². The van der Waals surface area contributed by atoms with Gasteiger partial charge < -0.3 is 10.0 Å². The number of hydrogen-bond donors (Lipinski definition) is 1. The smallest absolute Gasteiger partial charge is 0.231 e. The molecule has 2 aliphatic rings. The molecule has 0 aliphatic carbocycles. The van der Waals surface area contributed by atoms with Crippen molar-refractivity contribution in [3.63, 3.8) is 0 Å². The Morgan fingerprint density at radius 3 is 2.55 bits per heavy atom. The normalized spacial score (nSPS) is 17.8. The molecule has 5 nitrogen and oxygen atoms in total. The molecule has 2 aromatic carbocycles. The van der Waals surface area contributed by atoms with Gasteiger partial charge in [-0.1, -0.05) is 59.9 Å². The predicted octanol–water partition coefficient (Wildman–Crippen LogP) is 4.43. The Labute approximate surface area is 174 Å². The fourth-order valence-electron chi connectivity index (χ4n) is 3.78. The van der Waals surface area contributed by atoms with Crippen LogP contribution in [0.5, 0.6) is 5.88 Å². The highest BCUT2D eigenvalue weighted by molar-refractivity contribution is 7.16. The zero-order chi connectivity index (χ0) is 19.6. The number of allylic oxidation sites excluding steroid dienone is 1. The Kier molecular flexibility index (Phi) is 4.87. The summed E-state index contributed by atoms with van der Waals surface area (Å²) in [5.74, 6) is 0.0991. The summed E-state index contributed by atoms with van der Waals surface area (Å²) in [4.78, 5) is 14.4. The van der Waals surface area contributed by atoms with Gasteiger partial charge >= 0.3 is 0 Å². The molecule has 3 aromatic rings. The van der Waals surface area contributed by atoms with Crippen molar-refractivity contribution in [3.05, 3.63) is 70.6 Å². The zero-order valence-electron chi connectivity index (χ0n) is 16.0. The van der Waals surface area contributed by atoms with Crippen molar-refractivity contribution in [1.82, 2.24) is 9.88 Å². The number of hydrogen-bond acceptors (Lipinski definition) is 6. The molecule has 0 atom stereocenters. The molecule has 0 bridgehead atoms. The number of benzene rings is 2. The number of thiazole rings is 1. The Morgan fingerprint density at radius 1 is 0.966 bits per heavy atom. The Morgan fingerprint density at radius 2 is 1.72 bits per heavy atom. The standard InChI is InChI=1S/C23H22N4OS/c28-22-21(14-18-15-24-20-9-5-4-8-19(18)20)29-23(25-22)27-12-10-26(11-13-27)16-17-6-2-1-3-7-17/h1-9,14-15,28H,10-13,16H2/b18-14-. The number of piperazine rings is 1. The van der Waals surface area contributed by atoms with Gasteiger partial charge in [0.15, 0.2) is 5.13 Å². The first kappa shape index (κ1) is 18.1. The quantitative estimate of drug-likeness (QED) is 0.702. The van der Waals surface area contributed by atoms with Crippen LogP contribution in [0.3, 0.4) is 0 Å². The number of para-hydroxylation sites is 1. The zero-order valence-corrected chi connectivity index (χ0v) is 16.8. The second-order valence-corrected chi connectivity index (χ2v) is 8.32. The van der Waals surface area contributed by atoms with Gasteiger partial charge in [0, 0.05) is 50.1 Å². The minimum Gasteiger partial charge on any atom is -0.492 e. The van der Waals surface area contributed by atoms with Crippen LogP contribution in [-0.2, 0) is 6.54 Å². The average molecular weight is 403 g/mol. The van der Waals surface area contributed by atoms with Crippen LogP contribution in [0.15, 0.2) is 59.6 Å². The van der Waals surface area contributed by atoms with E-state index in [1.165, 1.54) is 5.56 Å². The van der Waals surface area contributed by atoms with Crippen molar-refractivity contribution in [2.75, 3.05) is 31.1 Å². The van der Waals surface area contributed by atoms with Crippen LogP contribution in [-0.4, -0.2) is 47.4 Å². The van der Waals surface area contributed by atoms with E-state index in [1.54, 1.807) is 11.3 Å². The fraction of sp³-hybridized carbons (Fsp3) is 0.217. The molecule has 1 N–H and O–H groups in total. The molecule has 0 amide bonds. The second-order valence-electron chi connectivity index (χ2n) is 7.31. The van der Waals surface area contributed by atoms with Gasteiger partial charge in [0.25, 0.3) is 0 Å². The minimum atomic E-state index is 0.0991. The van der Waals surface area contributed by atoms with Crippen LogP contribution < -0.4 is 4.90 Å². The van der Waals surface area contributed by atoms with Crippen molar-refractivity contribution in [2.24, 2.45) is 4.99 Å². The summed E-state index contributed by atoms with van der Waals surface area (Å²) in [6.45, 7) is 4.80. The molecule has 0 spiro atoms. The number of aromatic hydroxyl groups is 1. The molecule has 29 heavy (non-hydrogen) atoms. The van der Waals surface area contributed by atoms with E-state index < -0.39 is 0 Å². The lowest BCUT2D eigenvalue weighted by molar-refractivity contribution is 0.249. The molecule has 0 radical (unpaired) electrons. The molecular formula is C23H22N4OS. The van der Waals surface area contributed by atoms with E-state index in [2.05, 4.69) is 56.2 Å². The first-order valence-electron chi connectivity index (χ1n) is 9.82. The van der Waals surface area contributed by atoms with Crippen LogP contribution in [0, 0.1) is 0 Å². The summed E-state index contributed by atoms with van der Waals surface area (Å²) in [7, 11) is 0. The number of anilines is 1. The molecule has 1 fully saturated rings. The van der Waals surface area contributed by atoms with Gasteiger partial charge in [0.2, 0.25) is 5.88 Å². The topological polar surface area (TPSA) is 52.0 Å². The molecule has 5 rings (SSSR count). The predicted molar refractivity (Wildman–Crippen MR) is 120 cm³/mol. The number of rotatable bonds is 4. The number of nitrogens with zero attached hydrogens (tertiary/aromatic N) is 4. The van der Waals surface area contributed by atoms with Gasteiger partial charge in [0.05, 0.1) is 10.6 Å². The third-order valence-electron chi connectivity index (χ3n) is 5.36. The van der Waals surface area contributed by atoms with E-state index in [4.69, 9.17) is 0 Å². The fourth-order valence-corrected chi connectivity index (χ4v) is 4.74. The summed E-state index contributed by atoms with van der Waals surface area (Å²) in [5.41, 5.74) is 4.42. The maximum Gasteiger partial charge on any atom is 0.231 e. The largest absolute Gasteiger partial charge is 0.492 e. The van der Waals surface area contributed by atoms with Crippen LogP contribution in [0.25, 0.3) is 11.6 Å². The monoisotopic (exact) mass is 402 g/mol. The van der Waals surface area contributed by atoms with E-state index in [1.807, 2.05) is 30.5 Å². The Balaban J connectivity index is 1.27. The average Bonchev–Trinajstić information content (AvgIpc) is 3.33. The molecule has 2 aliphatic heterocycles. The maximum atomic E-state index is 10.4. The van der Waals surface area contributed by atoms with E-state index in [0.29, 0.717) is 0 Å². The van der Waals surface area contributed by atoms with Crippen molar-refractivity contribution in [1.29, 1.82) is 0 Å². The summed E-state index contributed by atoms with van der Waals surface area (Å²) in [5, 5.41) is 11.3. The number of fused-ring (bicyclic) bond motifs is 1. The molecule has 3 heterocycles. The minimum absolute atomic E-state index is 0.0991. The van der Waals surface area contributed by atoms with E-state index >= 15 is 0 Å². The highest BCUT2D eigenvalue weighted by Crippen LogP contribution is 2.37. The van der Waals surface area contributed by atoms with E-state index in [-0.39, 0.29) is 5.88 Å². The first-order valence-corrected chi connectivity index (χ1v) is 10.6. The van der Waals surface area contributed by atoms with Gasteiger partial charge in [0.1, 0.15) is 0 Å². The van der Waals surface area contributed by atoms with Crippen LogP contribution in [0.2, 0.25) is 0 Å². The molecule has 0 unspecified atom stereocenters. The van der Waals surface area contributed by atoms with Crippen LogP contribution in [0.1, 0.15) is 16.0 Å². The third kappa shape index (κ3) is 3.81. The highest BCUT2D eigenvalue weighted by Gasteiger charge is 2.22. The molecule has 1 aromatic heterocycles. The lowest BCUT2D eigenvalue weighted by Gasteiger charge is -2.34. The molecule has 0 saturated carbocycles. The second kappa shape index (κ2) is 7.81. The van der Waals surface area contributed by atoms with Crippen molar-refractivity contribution in [3.8, 4) is 5.88 Å². The lowest BCUT2D eigenvalue weighted by atomic mass is 10.1. The summed E-state index contributed by atoms with van der Waals surface area (Å²) in [6.07, 6.45) is 3.84. The van der Waals surface area contributed by atoms with E-state index in [0.717, 1.165) is 59.6 Å². The van der Waals surface area contributed by atoms with Crippen LogP contribution >= 0.6 is 11.3 Å². The van der Waals surface area contributed by atoms with Gasteiger partial charge in [-0.15, -0.1) is 0 Å². The third-order valence-corrected chi connectivity index (χ3v) is 6.41. The Bertz CT molecular complexity index is 1070. The molecule has 1 saturated heterocycles. The van der Waals surface area contributed by atoms with Gasteiger partial charge in [-0.3, -0.25) is 9.89 Å². The lowest BCUT2D eigenvalue weighted by Crippen LogP contribution is -2.45. The summed E-state index contributed by atoms with van der Waals surface area (Å²) < 4.78 is 0. The first-order chi connectivity index (χ1) is 14.3. The van der Waals surface area contributed by atoms with Crippen LogP contribution in [0.4, 0.5) is 10.8 Å². The molecule has 6 heteroatoms. The van der Waals surface area contributed by atoms with Crippen molar-refractivity contribution in [2.45, 2.75) is 6.54 Å². The van der Waals surface area contributed by atoms with Gasteiger partial charge in [-0.05, 0) is 17.7 Å². The number of aromatic nitrogens is 1. The van der Waals surface area contributed by atoms with Crippen molar-refractivity contribution < 1.29 is 5.11 Å². The van der Waals surface area contributed by atoms with Gasteiger partial charge in [-0.2, -0.15) is 4.98 Å². The van der Waals surface area contributed by atoms with Crippen molar-refractivity contribution >= 4 is 40.0 Å². The Hall–Kier alpha value is -2.96. The maximum absolute atomic E-state index is 10.4. The van der Waals surface area contributed by atoms with Gasteiger partial charge in [-0.25, -0.2) is 0 Å². The summed E-state index contributed by atoms with van der Waals surface area (Å²) >= 11 is 1.54.